The molecule has 5 heteroatoms. The van der Waals surface area contributed by atoms with Gasteiger partial charge in [0.05, 0.1) is 5.56 Å². The zero-order chi connectivity index (χ0) is 13.8. The Morgan fingerprint density at radius 3 is 2.28 bits per heavy atom. The van der Waals surface area contributed by atoms with Gasteiger partial charge >= 0.3 is 6.18 Å². The van der Waals surface area contributed by atoms with E-state index in [4.69, 9.17) is 0 Å². The van der Waals surface area contributed by atoms with Crippen LogP contribution in [0.3, 0.4) is 0 Å². The van der Waals surface area contributed by atoms with E-state index < -0.39 is 17.6 Å². The average molecular weight is 263 g/mol. The molecule has 0 saturated heterocycles. The van der Waals surface area contributed by atoms with E-state index in [0.717, 1.165) is 31.6 Å². The molecular formula is C13H17F4N. The number of hydrogen-bond donors (Lipinski definition) is 0. The van der Waals surface area contributed by atoms with Gasteiger partial charge in [-0.2, -0.15) is 13.2 Å². The molecule has 0 atom stereocenters. The predicted octanol–water partition coefficient (Wildman–Crippen LogP) is 4.08. The third-order valence-electron chi connectivity index (χ3n) is 2.68. The Morgan fingerprint density at radius 2 is 1.78 bits per heavy atom. The van der Waals surface area contributed by atoms with E-state index in [1.165, 1.54) is 0 Å². The first-order valence-corrected chi connectivity index (χ1v) is 5.95. The highest BCUT2D eigenvalue weighted by Crippen LogP contribution is 2.30. The zero-order valence-corrected chi connectivity index (χ0v) is 10.5. The molecule has 0 radical (unpaired) electrons. The minimum atomic E-state index is -4.50. The summed E-state index contributed by atoms with van der Waals surface area (Å²) in [5.41, 5.74) is -0.567. The summed E-state index contributed by atoms with van der Waals surface area (Å²) >= 11 is 0. The second kappa shape index (κ2) is 6.18. The summed E-state index contributed by atoms with van der Waals surface area (Å²) in [6.45, 7) is 5.78. The molecule has 0 heterocycles. The van der Waals surface area contributed by atoms with Crippen molar-refractivity contribution in [2.75, 3.05) is 13.1 Å². The lowest BCUT2D eigenvalue weighted by Crippen LogP contribution is -2.23. The van der Waals surface area contributed by atoms with Crippen LogP contribution in [0.2, 0.25) is 0 Å². The fourth-order valence-corrected chi connectivity index (χ4v) is 1.83. The molecule has 0 aliphatic rings. The van der Waals surface area contributed by atoms with Gasteiger partial charge < -0.3 is 0 Å². The van der Waals surface area contributed by atoms with Gasteiger partial charge in [0.2, 0.25) is 0 Å². The maximum absolute atomic E-state index is 13.2. The van der Waals surface area contributed by atoms with E-state index in [2.05, 4.69) is 0 Å². The standard InChI is InChI=1S/C13H17F4N/c1-3-5-18(4-2)9-10-6-11(13(15,16)17)8-12(14)7-10/h6-8H,3-5,9H2,1-2H3. The number of hydrogen-bond acceptors (Lipinski definition) is 1. The molecule has 1 aromatic rings. The molecule has 0 aliphatic heterocycles. The van der Waals surface area contributed by atoms with Gasteiger partial charge in [-0.15, -0.1) is 0 Å². The maximum atomic E-state index is 13.2. The molecule has 0 aliphatic carbocycles. The van der Waals surface area contributed by atoms with Crippen molar-refractivity contribution in [3.8, 4) is 0 Å². The normalized spacial score (nSPS) is 12.2. The van der Waals surface area contributed by atoms with Crippen LogP contribution in [0.15, 0.2) is 18.2 Å². The second-order valence-electron chi connectivity index (χ2n) is 4.21. The topological polar surface area (TPSA) is 3.24 Å². The van der Waals surface area contributed by atoms with Crippen LogP contribution in [0, 0.1) is 5.82 Å². The van der Waals surface area contributed by atoms with Crippen LogP contribution in [-0.4, -0.2) is 18.0 Å². The van der Waals surface area contributed by atoms with Crippen molar-refractivity contribution >= 4 is 0 Å². The molecule has 1 rings (SSSR count). The maximum Gasteiger partial charge on any atom is 0.416 e. The number of nitrogens with zero attached hydrogens (tertiary/aromatic N) is 1. The van der Waals surface area contributed by atoms with Crippen LogP contribution < -0.4 is 0 Å². The van der Waals surface area contributed by atoms with Gasteiger partial charge in [0.15, 0.2) is 0 Å². The SMILES string of the molecule is CCCN(CC)Cc1cc(F)cc(C(F)(F)F)c1. The van der Waals surface area contributed by atoms with Gasteiger partial charge in [-0.1, -0.05) is 13.8 Å². The first kappa shape index (κ1) is 15.0. The van der Waals surface area contributed by atoms with Crippen molar-refractivity contribution in [2.24, 2.45) is 0 Å². The van der Waals surface area contributed by atoms with Crippen LogP contribution >= 0.6 is 0 Å². The zero-order valence-electron chi connectivity index (χ0n) is 10.5. The minimum Gasteiger partial charge on any atom is -0.299 e. The molecule has 0 aromatic heterocycles. The van der Waals surface area contributed by atoms with Crippen LogP contribution in [0.25, 0.3) is 0 Å². The summed E-state index contributed by atoms with van der Waals surface area (Å²) in [4.78, 5) is 1.98. The molecule has 18 heavy (non-hydrogen) atoms. The largest absolute Gasteiger partial charge is 0.416 e. The number of rotatable bonds is 5. The molecular weight excluding hydrogens is 246 g/mol. The Hall–Kier alpha value is -1.10. The average Bonchev–Trinajstić information content (AvgIpc) is 2.26. The van der Waals surface area contributed by atoms with Gasteiger partial charge in [0.1, 0.15) is 5.82 Å². The lowest BCUT2D eigenvalue weighted by atomic mass is 10.1. The van der Waals surface area contributed by atoms with E-state index in [1.54, 1.807) is 0 Å². The first-order valence-electron chi connectivity index (χ1n) is 5.95. The lowest BCUT2D eigenvalue weighted by Gasteiger charge is -2.20. The van der Waals surface area contributed by atoms with Crippen molar-refractivity contribution in [1.82, 2.24) is 4.90 Å². The highest BCUT2D eigenvalue weighted by Gasteiger charge is 2.31. The summed E-state index contributed by atoms with van der Waals surface area (Å²) in [5, 5.41) is 0. The fraction of sp³-hybridized carbons (Fsp3) is 0.538. The Balaban J connectivity index is 2.92. The van der Waals surface area contributed by atoms with Gasteiger partial charge in [-0.05, 0) is 43.3 Å². The molecule has 0 bridgehead atoms. The lowest BCUT2D eigenvalue weighted by molar-refractivity contribution is -0.137. The summed E-state index contributed by atoms with van der Waals surface area (Å²) in [5.74, 6) is -0.840. The van der Waals surface area contributed by atoms with Crippen molar-refractivity contribution in [3.05, 3.63) is 35.1 Å². The number of benzene rings is 1. The van der Waals surface area contributed by atoms with Crippen LogP contribution in [0.5, 0.6) is 0 Å². The highest BCUT2D eigenvalue weighted by atomic mass is 19.4. The van der Waals surface area contributed by atoms with Crippen molar-refractivity contribution in [2.45, 2.75) is 33.0 Å². The van der Waals surface area contributed by atoms with E-state index in [0.29, 0.717) is 18.2 Å². The molecule has 102 valence electrons. The summed E-state index contributed by atoms with van der Waals surface area (Å²) in [6, 6.07) is 2.70. The second-order valence-corrected chi connectivity index (χ2v) is 4.21. The quantitative estimate of drug-likeness (QED) is 0.724. The fourth-order valence-electron chi connectivity index (χ4n) is 1.83. The monoisotopic (exact) mass is 263 g/mol. The highest BCUT2D eigenvalue weighted by molar-refractivity contribution is 5.26. The number of halogens is 4. The molecule has 0 spiro atoms. The third-order valence-corrected chi connectivity index (χ3v) is 2.68. The minimum absolute atomic E-state index is 0.338. The van der Waals surface area contributed by atoms with E-state index in [1.807, 2.05) is 18.7 Å². The molecule has 0 amide bonds. The van der Waals surface area contributed by atoms with Crippen molar-refractivity contribution in [1.29, 1.82) is 0 Å². The molecule has 0 saturated carbocycles. The molecule has 0 fully saturated rings. The van der Waals surface area contributed by atoms with Gasteiger partial charge in [0.25, 0.3) is 0 Å². The Labute approximate surface area is 104 Å². The van der Waals surface area contributed by atoms with Gasteiger partial charge in [-0.3, -0.25) is 4.90 Å². The summed E-state index contributed by atoms with van der Waals surface area (Å²) in [7, 11) is 0. The summed E-state index contributed by atoms with van der Waals surface area (Å²) < 4.78 is 50.8. The van der Waals surface area contributed by atoms with Crippen LogP contribution in [0.1, 0.15) is 31.4 Å². The predicted molar refractivity (Wildman–Crippen MR) is 62.6 cm³/mol. The molecule has 1 nitrogen and oxygen atoms in total. The Morgan fingerprint density at radius 1 is 1.11 bits per heavy atom. The molecule has 0 unspecified atom stereocenters. The van der Waals surface area contributed by atoms with E-state index in [-0.39, 0.29) is 0 Å². The summed E-state index contributed by atoms with van der Waals surface area (Å²) in [6.07, 6.45) is -3.59. The third kappa shape index (κ3) is 4.29. The van der Waals surface area contributed by atoms with Crippen LogP contribution in [-0.2, 0) is 12.7 Å². The van der Waals surface area contributed by atoms with E-state index in [9.17, 15) is 17.6 Å². The smallest absolute Gasteiger partial charge is 0.299 e. The van der Waals surface area contributed by atoms with Crippen molar-refractivity contribution in [3.63, 3.8) is 0 Å². The molecule has 0 N–H and O–H groups in total. The van der Waals surface area contributed by atoms with Crippen LogP contribution in [0.4, 0.5) is 17.6 Å². The molecule has 1 aromatic carbocycles. The van der Waals surface area contributed by atoms with Gasteiger partial charge in [0, 0.05) is 6.54 Å². The Kier molecular flexibility index (Phi) is 5.14. The Bertz CT molecular complexity index is 387. The van der Waals surface area contributed by atoms with Crippen molar-refractivity contribution < 1.29 is 17.6 Å². The van der Waals surface area contributed by atoms with Gasteiger partial charge in [-0.25, -0.2) is 4.39 Å². The number of alkyl halides is 3. The van der Waals surface area contributed by atoms with E-state index >= 15 is 0 Å². The first-order chi connectivity index (χ1) is 8.36.